The largest absolute Gasteiger partial charge is 0.469 e. The maximum atomic E-state index is 13.3. The molecule has 0 aliphatic heterocycles. The van der Waals surface area contributed by atoms with Gasteiger partial charge < -0.3 is 10.1 Å². The van der Waals surface area contributed by atoms with Crippen LogP contribution in [0.15, 0.2) is 60.0 Å². The van der Waals surface area contributed by atoms with Crippen LogP contribution >= 0.6 is 0 Å². The Morgan fingerprint density at radius 1 is 1.06 bits per heavy atom. The summed E-state index contributed by atoms with van der Waals surface area (Å²) >= 11 is 0. The maximum absolute atomic E-state index is 13.3. The lowest BCUT2D eigenvalue weighted by Gasteiger charge is -2.27. The number of carbonyl (C=O) groups excluding carboxylic acids is 2. The average Bonchev–Trinajstić information content (AvgIpc) is 2.89. The fourth-order valence-corrected chi connectivity index (χ4v) is 4.54. The molecule has 9 heteroatoms. The first kappa shape index (κ1) is 21.7. The fraction of sp³-hybridized carbons (Fsp3) is 0.280. The van der Waals surface area contributed by atoms with Crippen LogP contribution in [0, 0.1) is 5.92 Å². The number of amides is 1. The summed E-state index contributed by atoms with van der Waals surface area (Å²) in [4.78, 5) is 50.8. The van der Waals surface area contributed by atoms with E-state index in [2.05, 4.69) is 20.3 Å². The van der Waals surface area contributed by atoms with Gasteiger partial charge in [0.05, 0.1) is 29.5 Å². The zero-order valence-electron chi connectivity index (χ0n) is 18.6. The van der Waals surface area contributed by atoms with Crippen molar-refractivity contribution < 1.29 is 14.3 Å². The molecule has 0 unspecified atom stereocenters. The zero-order chi connectivity index (χ0) is 23.7. The molecule has 1 N–H and O–H groups in total. The normalized spacial score (nSPS) is 18.0. The predicted molar refractivity (Wildman–Crippen MR) is 125 cm³/mol. The highest BCUT2D eigenvalue weighted by Gasteiger charge is 2.28. The van der Waals surface area contributed by atoms with Gasteiger partial charge in [0.2, 0.25) is 0 Å². The van der Waals surface area contributed by atoms with E-state index < -0.39 is 0 Å². The van der Waals surface area contributed by atoms with Crippen LogP contribution < -0.4 is 10.9 Å². The Morgan fingerprint density at radius 3 is 2.56 bits per heavy atom. The zero-order valence-corrected chi connectivity index (χ0v) is 18.6. The van der Waals surface area contributed by atoms with Crippen molar-refractivity contribution in [2.75, 3.05) is 7.11 Å². The summed E-state index contributed by atoms with van der Waals surface area (Å²) in [6.07, 6.45) is 9.15. The highest BCUT2D eigenvalue weighted by atomic mass is 16.5. The highest BCUT2D eigenvalue weighted by Crippen LogP contribution is 2.26. The lowest BCUT2D eigenvalue weighted by Crippen LogP contribution is -2.39. The van der Waals surface area contributed by atoms with Gasteiger partial charge in [0.25, 0.3) is 11.5 Å². The highest BCUT2D eigenvalue weighted by molar-refractivity contribution is 6.01. The Labute approximate surface area is 194 Å². The first-order chi connectivity index (χ1) is 16.5. The van der Waals surface area contributed by atoms with Crippen LogP contribution in [0.2, 0.25) is 0 Å². The number of ether oxygens (including phenoxy) is 1. The molecule has 1 aromatic carbocycles. The molecule has 1 fully saturated rings. The molecule has 3 aromatic heterocycles. The Hall–Kier alpha value is -4.14. The number of pyridine rings is 1. The molecular weight excluding hydrogens is 434 g/mol. The van der Waals surface area contributed by atoms with E-state index in [1.165, 1.54) is 17.8 Å². The maximum Gasteiger partial charge on any atom is 0.308 e. The van der Waals surface area contributed by atoms with Crippen molar-refractivity contribution in [3.8, 4) is 11.1 Å². The summed E-state index contributed by atoms with van der Waals surface area (Å²) < 4.78 is 6.23. The van der Waals surface area contributed by atoms with Gasteiger partial charge in [0.1, 0.15) is 6.33 Å². The third-order valence-corrected chi connectivity index (χ3v) is 6.37. The van der Waals surface area contributed by atoms with Crippen LogP contribution in [0.4, 0.5) is 0 Å². The standard InChI is InChI=1S/C25H23N5O4/c1-34-25(33)15-4-7-18(8-5-15)28-23(31)19-3-2-10-30-22(19)29-21-9-6-16(11-20(21)24(30)32)17-12-26-14-27-13-17/h2-3,6,9-15,18H,4-5,7-8H2,1H3,(H,28,31). The van der Waals surface area contributed by atoms with Crippen molar-refractivity contribution in [3.05, 3.63) is 71.2 Å². The molecule has 1 amide bonds. The Kier molecular flexibility index (Phi) is 5.75. The molecule has 172 valence electrons. The van der Waals surface area contributed by atoms with Crippen molar-refractivity contribution in [1.29, 1.82) is 0 Å². The molecule has 1 saturated carbocycles. The third-order valence-electron chi connectivity index (χ3n) is 6.37. The first-order valence-electron chi connectivity index (χ1n) is 11.1. The summed E-state index contributed by atoms with van der Waals surface area (Å²) in [5.74, 6) is -0.601. The fourth-order valence-electron chi connectivity index (χ4n) is 4.54. The molecule has 3 heterocycles. The van der Waals surface area contributed by atoms with E-state index in [-0.39, 0.29) is 29.4 Å². The second-order valence-corrected chi connectivity index (χ2v) is 8.44. The summed E-state index contributed by atoms with van der Waals surface area (Å²) in [6, 6.07) is 8.67. The van der Waals surface area contributed by atoms with Crippen molar-refractivity contribution >= 4 is 28.4 Å². The van der Waals surface area contributed by atoms with Crippen LogP contribution in [-0.4, -0.2) is 44.4 Å². The number of fused-ring (bicyclic) bond motifs is 2. The van der Waals surface area contributed by atoms with Gasteiger partial charge in [-0.2, -0.15) is 0 Å². The number of nitrogens with zero attached hydrogens (tertiary/aromatic N) is 4. The lowest BCUT2D eigenvalue weighted by atomic mass is 9.86. The van der Waals surface area contributed by atoms with Crippen molar-refractivity contribution in [2.24, 2.45) is 5.92 Å². The number of hydrogen-bond donors (Lipinski definition) is 1. The minimum atomic E-state index is -0.288. The van der Waals surface area contributed by atoms with Gasteiger partial charge in [0.15, 0.2) is 5.65 Å². The number of rotatable bonds is 4. The second-order valence-electron chi connectivity index (χ2n) is 8.44. The van der Waals surface area contributed by atoms with Crippen LogP contribution in [0.3, 0.4) is 0 Å². The minimum Gasteiger partial charge on any atom is -0.469 e. The Morgan fingerprint density at radius 2 is 1.82 bits per heavy atom. The average molecular weight is 457 g/mol. The van der Waals surface area contributed by atoms with E-state index in [0.717, 1.165) is 11.1 Å². The number of benzene rings is 1. The van der Waals surface area contributed by atoms with Gasteiger partial charge in [0, 0.05) is 30.2 Å². The second kappa shape index (κ2) is 9.01. The molecule has 1 aliphatic rings. The molecule has 0 radical (unpaired) electrons. The van der Waals surface area contributed by atoms with Gasteiger partial charge in [-0.25, -0.2) is 15.0 Å². The first-order valence-corrected chi connectivity index (χ1v) is 11.1. The summed E-state index contributed by atoms with van der Waals surface area (Å²) in [5, 5.41) is 3.48. The van der Waals surface area contributed by atoms with E-state index in [1.54, 1.807) is 42.9 Å². The van der Waals surface area contributed by atoms with E-state index in [4.69, 9.17) is 4.74 Å². The summed E-state index contributed by atoms with van der Waals surface area (Å²) in [7, 11) is 1.40. The number of nitrogens with one attached hydrogen (secondary N) is 1. The quantitative estimate of drug-likeness (QED) is 0.370. The van der Waals surface area contributed by atoms with E-state index >= 15 is 0 Å². The van der Waals surface area contributed by atoms with Gasteiger partial charge in [-0.1, -0.05) is 6.07 Å². The van der Waals surface area contributed by atoms with Crippen LogP contribution in [-0.2, 0) is 9.53 Å². The smallest absolute Gasteiger partial charge is 0.308 e. The van der Waals surface area contributed by atoms with E-state index in [1.807, 2.05) is 6.07 Å². The predicted octanol–water partition coefficient (Wildman–Crippen LogP) is 2.77. The lowest BCUT2D eigenvalue weighted by molar-refractivity contribution is -0.146. The van der Waals surface area contributed by atoms with E-state index in [9.17, 15) is 14.4 Å². The monoisotopic (exact) mass is 457 g/mol. The number of hydrogen-bond acceptors (Lipinski definition) is 7. The van der Waals surface area contributed by atoms with Crippen molar-refractivity contribution in [3.63, 3.8) is 0 Å². The molecule has 0 atom stereocenters. The summed E-state index contributed by atoms with van der Waals surface area (Å²) in [5.41, 5.74) is 2.48. The minimum absolute atomic E-state index is 0.0449. The molecule has 34 heavy (non-hydrogen) atoms. The van der Waals surface area contributed by atoms with Crippen molar-refractivity contribution in [2.45, 2.75) is 31.7 Å². The summed E-state index contributed by atoms with van der Waals surface area (Å²) in [6.45, 7) is 0. The van der Waals surface area contributed by atoms with Crippen LogP contribution in [0.5, 0.6) is 0 Å². The van der Waals surface area contributed by atoms with Gasteiger partial charge in [-0.15, -0.1) is 0 Å². The Balaban J connectivity index is 1.45. The van der Waals surface area contributed by atoms with Crippen molar-refractivity contribution in [1.82, 2.24) is 24.7 Å². The molecule has 0 bridgehead atoms. The number of esters is 1. The Bertz CT molecular complexity index is 1440. The van der Waals surface area contributed by atoms with Gasteiger partial charge in [-0.05, 0) is 55.5 Å². The molecule has 5 rings (SSSR count). The molecule has 0 spiro atoms. The van der Waals surface area contributed by atoms with Gasteiger partial charge >= 0.3 is 5.97 Å². The number of methoxy groups -OCH3 is 1. The number of carbonyl (C=O) groups is 2. The molecule has 9 nitrogen and oxygen atoms in total. The molecular formula is C25H23N5O4. The SMILES string of the molecule is COC(=O)C1CCC(NC(=O)c2cccn3c(=O)c4cc(-c5cncnc5)ccc4nc23)CC1. The molecule has 4 aromatic rings. The topological polar surface area (TPSA) is 116 Å². The van der Waals surface area contributed by atoms with Crippen LogP contribution in [0.25, 0.3) is 27.7 Å². The van der Waals surface area contributed by atoms with Gasteiger partial charge in [-0.3, -0.25) is 18.8 Å². The third kappa shape index (κ3) is 4.00. The van der Waals surface area contributed by atoms with E-state index in [0.29, 0.717) is 47.8 Å². The van der Waals surface area contributed by atoms with Crippen LogP contribution in [0.1, 0.15) is 36.0 Å². The molecule has 1 aliphatic carbocycles. The molecule has 0 saturated heterocycles. The number of aromatic nitrogens is 4.